The Kier molecular flexibility index (Phi) is 12.8. The van der Waals surface area contributed by atoms with Gasteiger partial charge in [-0.1, -0.05) is 55.4 Å². The van der Waals surface area contributed by atoms with Crippen molar-refractivity contribution in [3.05, 3.63) is 0 Å². The van der Waals surface area contributed by atoms with Crippen LogP contribution in [-0.2, 0) is 47.6 Å². The fourth-order valence-corrected chi connectivity index (χ4v) is 3.24. The summed E-state index contributed by atoms with van der Waals surface area (Å²) in [6.07, 6.45) is 0.595. The number of ether oxygens (including phenoxy) is 6. The van der Waals surface area contributed by atoms with E-state index in [1.807, 2.05) is 55.4 Å². The summed E-state index contributed by atoms with van der Waals surface area (Å²) in [6, 6.07) is 0. The van der Waals surface area contributed by atoms with E-state index in [1.54, 1.807) is 0 Å². The molecular weight excluding hydrogens is 472 g/mol. The Labute approximate surface area is 214 Å². The second-order valence-electron chi connectivity index (χ2n) is 11.1. The molecule has 0 aromatic carbocycles. The zero-order valence-electron chi connectivity index (χ0n) is 23.0. The van der Waals surface area contributed by atoms with Crippen LogP contribution in [0.25, 0.3) is 0 Å². The van der Waals surface area contributed by atoms with Gasteiger partial charge in [0.15, 0.2) is 13.2 Å². The highest BCUT2D eigenvalue weighted by atomic mass is 16.8. The number of hydrogen-bond acceptors (Lipinski definition) is 10. The topological polar surface area (TPSA) is 124 Å². The molecule has 0 bridgehead atoms. The SMILES string of the molecule is CC(C)CC(=O)OCC1(OC(=O)CC(C)C)COC(COC(=O)CC(C)C)(OC(=O)CC(C)C)CO1. The second kappa shape index (κ2) is 14.5. The highest BCUT2D eigenvalue weighted by Crippen LogP contribution is 2.31. The molecule has 1 aliphatic heterocycles. The van der Waals surface area contributed by atoms with Crippen molar-refractivity contribution in [2.24, 2.45) is 23.7 Å². The van der Waals surface area contributed by atoms with Crippen molar-refractivity contribution in [1.29, 1.82) is 0 Å². The van der Waals surface area contributed by atoms with Crippen LogP contribution in [-0.4, -0.2) is 61.9 Å². The first-order chi connectivity index (χ1) is 16.7. The van der Waals surface area contributed by atoms with Crippen LogP contribution in [0.1, 0.15) is 81.1 Å². The Bertz CT molecular complexity index is 671. The monoisotopic (exact) mass is 516 g/mol. The number of carbonyl (C=O) groups excluding carboxylic acids is 4. The number of rotatable bonds is 14. The maximum atomic E-state index is 12.5. The number of esters is 4. The minimum absolute atomic E-state index is 0.0269. The molecule has 0 N–H and O–H groups in total. The second-order valence-corrected chi connectivity index (χ2v) is 11.1. The van der Waals surface area contributed by atoms with Crippen molar-refractivity contribution in [3.63, 3.8) is 0 Å². The molecular formula is C26H44O10. The molecule has 1 rings (SSSR count). The first-order valence-corrected chi connectivity index (χ1v) is 12.7. The normalized spacial score (nSPS) is 22.1. The molecule has 0 aliphatic carbocycles. The Morgan fingerprint density at radius 2 is 0.833 bits per heavy atom. The zero-order valence-corrected chi connectivity index (χ0v) is 23.0. The van der Waals surface area contributed by atoms with Crippen molar-refractivity contribution in [2.45, 2.75) is 92.6 Å². The summed E-state index contributed by atoms with van der Waals surface area (Å²) >= 11 is 0. The molecule has 1 saturated heterocycles. The van der Waals surface area contributed by atoms with Gasteiger partial charge in [-0.25, -0.2) is 0 Å². The third kappa shape index (κ3) is 12.2. The van der Waals surface area contributed by atoms with Gasteiger partial charge in [0.1, 0.15) is 13.2 Å². The summed E-state index contributed by atoms with van der Waals surface area (Å²) in [7, 11) is 0. The Morgan fingerprint density at radius 3 is 1.08 bits per heavy atom. The van der Waals surface area contributed by atoms with Gasteiger partial charge in [-0.05, 0) is 23.7 Å². The lowest BCUT2D eigenvalue weighted by atomic mass is 10.1. The standard InChI is InChI=1S/C26H44O10/c1-17(2)9-21(27)31-13-25(35-23(29)11-19(5)6)15-34-26(16-33-25,36-24(30)12-20(7)8)14-32-22(28)10-18(3)4/h17-20H,9-16H2,1-8H3. The molecule has 36 heavy (non-hydrogen) atoms. The van der Waals surface area contributed by atoms with Crippen LogP contribution >= 0.6 is 0 Å². The third-order valence-electron chi connectivity index (χ3n) is 4.92. The van der Waals surface area contributed by atoms with E-state index in [0.29, 0.717) is 0 Å². The molecule has 0 saturated carbocycles. The van der Waals surface area contributed by atoms with Crippen LogP contribution in [0, 0.1) is 23.7 Å². The van der Waals surface area contributed by atoms with Gasteiger partial charge in [-0.2, -0.15) is 0 Å². The van der Waals surface area contributed by atoms with Gasteiger partial charge in [0.05, 0.1) is 0 Å². The maximum Gasteiger partial charge on any atom is 0.308 e. The van der Waals surface area contributed by atoms with Crippen molar-refractivity contribution < 1.29 is 47.6 Å². The van der Waals surface area contributed by atoms with Gasteiger partial charge in [-0.3, -0.25) is 19.2 Å². The van der Waals surface area contributed by atoms with Crippen LogP contribution in [0.5, 0.6) is 0 Å². The summed E-state index contributed by atoms with van der Waals surface area (Å²) in [5, 5.41) is 0. The molecule has 1 aliphatic rings. The molecule has 0 spiro atoms. The fourth-order valence-electron chi connectivity index (χ4n) is 3.24. The summed E-state index contributed by atoms with van der Waals surface area (Å²) in [5.41, 5.74) is 0. The smallest absolute Gasteiger partial charge is 0.308 e. The highest BCUT2D eigenvalue weighted by Gasteiger charge is 2.51. The van der Waals surface area contributed by atoms with Crippen molar-refractivity contribution in [1.82, 2.24) is 0 Å². The van der Waals surface area contributed by atoms with E-state index < -0.39 is 61.9 Å². The molecule has 0 radical (unpaired) electrons. The molecule has 0 amide bonds. The highest BCUT2D eigenvalue weighted by molar-refractivity contribution is 5.71. The van der Waals surface area contributed by atoms with Gasteiger partial charge >= 0.3 is 23.9 Å². The van der Waals surface area contributed by atoms with Crippen molar-refractivity contribution >= 4 is 23.9 Å². The average Bonchev–Trinajstić information content (AvgIpc) is 2.71. The zero-order chi connectivity index (χ0) is 27.5. The summed E-state index contributed by atoms with van der Waals surface area (Å²) in [5.74, 6) is -5.31. The van der Waals surface area contributed by atoms with Gasteiger partial charge in [0.25, 0.3) is 11.6 Å². The lowest BCUT2D eigenvalue weighted by Crippen LogP contribution is -2.61. The van der Waals surface area contributed by atoms with Crippen LogP contribution in [0.2, 0.25) is 0 Å². The van der Waals surface area contributed by atoms with E-state index in [-0.39, 0.29) is 49.4 Å². The molecule has 10 heteroatoms. The van der Waals surface area contributed by atoms with E-state index in [9.17, 15) is 19.2 Å². The predicted octanol–water partition coefficient (Wildman–Crippen LogP) is 3.78. The van der Waals surface area contributed by atoms with Gasteiger partial charge in [0, 0.05) is 25.7 Å². The maximum absolute atomic E-state index is 12.5. The summed E-state index contributed by atoms with van der Waals surface area (Å²) in [6.45, 7) is 13.3. The third-order valence-corrected chi connectivity index (χ3v) is 4.92. The molecule has 0 aromatic heterocycles. The van der Waals surface area contributed by atoms with Crippen LogP contribution in [0.4, 0.5) is 0 Å². The summed E-state index contributed by atoms with van der Waals surface area (Å²) < 4.78 is 33.6. The van der Waals surface area contributed by atoms with E-state index in [0.717, 1.165) is 0 Å². The molecule has 2 unspecified atom stereocenters. The van der Waals surface area contributed by atoms with Crippen molar-refractivity contribution in [3.8, 4) is 0 Å². The predicted molar refractivity (Wildman–Crippen MR) is 129 cm³/mol. The van der Waals surface area contributed by atoms with Crippen molar-refractivity contribution in [2.75, 3.05) is 26.4 Å². The lowest BCUT2D eigenvalue weighted by molar-refractivity contribution is -0.379. The quantitative estimate of drug-likeness (QED) is 0.249. The first kappa shape index (κ1) is 31.8. The van der Waals surface area contributed by atoms with Gasteiger partial charge in [-0.15, -0.1) is 0 Å². The van der Waals surface area contributed by atoms with E-state index in [4.69, 9.17) is 28.4 Å². The molecule has 2 atom stereocenters. The largest absolute Gasteiger partial charge is 0.459 e. The molecule has 0 aromatic rings. The van der Waals surface area contributed by atoms with Gasteiger partial charge < -0.3 is 28.4 Å². The van der Waals surface area contributed by atoms with Gasteiger partial charge in [0.2, 0.25) is 0 Å². The summed E-state index contributed by atoms with van der Waals surface area (Å²) in [4.78, 5) is 49.3. The van der Waals surface area contributed by atoms with E-state index >= 15 is 0 Å². The number of hydrogen-bond donors (Lipinski definition) is 0. The minimum atomic E-state index is -1.73. The molecule has 1 heterocycles. The van der Waals surface area contributed by atoms with Crippen LogP contribution in [0.3, 0.4) is 0 Å². The molecule has 208 valence electrons. The van der Waals surface area contributed by atoms with E-state index in [2.05, 4.69) is 0 Å². The molecule has 1 fully saturated rings. The average molecular weight is 517 g/mol. The minimum Gasteiger partial charge on any atom is -0.459 e. The lowest BCUT2D eigenvalue weighted by Gasteiger charge is -2.43. The van der Waals surface area contributed by atoms with Crippen LogP contribution < -0.4 is 0 Å². The first-order valence-electron chi connectivity index (χ1n) is 12.7. The molecule has 10 nitrogen and oxygen atoms in total. The fraction of sp³-hybridized carbons (Fsp3) is 0.846. The van der Waals surface area contributed by atoms with Crippen LogP contribution in [0.15, 0.2) is 0 Å². The Morgan fingerprint density at radius 1 is 0.556 bits per heavy atom. The van der Waals surface area contributed by atoms with E-state index in [1.165, 1.54) is 0 Å². The Hall–Kier alpha value is -2.20. The Balaban J connectivity index is 3.05. The number of carbonyl (C=O) groups is 4.